The average Bonchev–Trinajstić information content (AvgIpc) is 2.75. The van der Waals surface area contributed by atoms with Crippen molar-refractivity contribution in [3.05, 3.63) is 23.2 Å². The SMILES string of the molecule is CCOCCN(CC)Cc1cc(C)c(CNC(C)(C)C)o1. The quantitative estimate of drug-likeness (QED) is 0.709. The van der Waals surface area contributed by atoms with E-state index in [0.717, 1.165) is 50.9 Å². The molecule has 0 atom stereocenters. The molecule has 0 radical (unpaired) electrons. The monoisotopic (exact) mass is 296 g/mol. The Balaban J connectivity index is 2.55. The van der Waals surface area contributed by atoms with Crippen LogP contribution in [0.15, 0.2) is 10.5 Å². The van der Waals surface area contributed by atoms with E-state index in [4.69, 9.17) is 9.15 Å². The van der Waals surface area contributed by atoms with Gasteiger partial charge >= 0.3 is 0 Å². The molecular formula is C17H32N2O2. The first kappa shape index (κ1) is 18.2. The average molecular weight is 296 g/mol. The molecule has 0 saturated carbocycles. The molecule has 0 spiro atoms. The zero-order chi connectivity index (χ0) is 15.9. The smallest absolute Gasteiger partial charge is 0.120 e. The minimum Gasteiger partial charge on any atom is -0.463 e. The molecule has 1 aromatic rings. The number of nitrogens with zero attached hydrogens (tertiary/aromatic N) is 1. The molecule has 1 heterocycles. The lowest BCUT2D eigenvalue weighted by molar-refractivity contribution is 0.110. The highest BCUT2D eigenvalue weighted by Gasteiger charge is 2.14. The van der Waals surface area contributed by atoms with Gasteiger partial charge in [-0.2, -0.15) is 0 Å². The van der Waals surface area contributed by atoms with E-state index in [-0.39, 0.29) is 5.54 Å². The van der Waals surface area contributed by atoms with E-state index in [9.17, 15) is 0 Å². The first-order valence-corrected chi connectivity index (χ1v) is 7.99. The Labute approximate surface area is 129 Å². The predicted octanol–water partition coefficient (Wildman–Crippen LogP) is 3.33. The largest absolute Gasteiger partial charge is 0.463 e. The van der Waals surface area contributed by atoms with Gasteiger partial charge in [0.05, 0.1) is 19.7 Å². The zero-order valence-electron chi connectivity index (χ0n) is 14.6. The lowest BCUT2D eigenvalue weighted by atomic mass is 10.1. The van der Waals surface area contributed by atoms with Gasteiger partial charge in [0.2, 0.25) is 0 Å². The van der Waals surface area contributed by atoms with Crippen molar-refractivity contribution >= 4 is 0 Å². The van der Waals surface area contributed by atoms with Gasteiger partial charge in [-0.15, -0.1) is 0 Å². The van der Waals surface area contributed by atoms with Crippen LogP contribution >= 0.6 is 0 Å². The van der Waals surface area contributed by atoms with Crippen molar-refractivity contribution in [1.82, 2.24) is 10.2 Å². The van der Waals surface area contributed by atoms with Gasteiger partial charge in [0.25, 0.3) is 0 Å². The first-order valence-electron chi connectivity index (χ1n) is 7.99. The van der Waals surface area contributed by atoms with Gasteiger partial charge in [-0.05, 0) is 52.8 Å². The minimum absolute atomic E-state index is 0.104. The Kier molecular flexibility index (Phi) is 7.43. The summed E-state index contributed by atoms with van der Waals surface area (Å²) in [5.41, 5.74) is 1.33. The van der Waals surface area contributed by atoms with E-state index in [2.05, 4.69) is 50.9 Å². The molecule has 0 amide bonds. The van der Waals surface area contributed by atoms with Crippen LogP contribution in [0.1, 0.15) is 51.7 Å². The maximum atomic E-state index is 6.00. The first-order chi connectivity index (χ1) is 9.85. The predicted molar refractivity (Wildman–Crippen MR) is 87.5 cm³/mol. The van der Waals surface area contributed by atoms with Crippen molar-refractivity contribution in [1.29, 1.82) is 0 Å². The van der Waals surface area contributed by atoms with E-state index < -0.39 is 0 Å². The molecule has 1 aromatic heterocycles. The second kappa shape index (κ2) is 8.57. The molecule has 0 aromatic carbocycles. The van der Waals surface area contributed by atoms with Crippen LogP contribution in [0.5, 0.6) is 0 Å². The van der Waals surface area contributed by atoms with Gasteiger partial charge in [-0.1, -0.05) is 6.92 Å². The molecule has 4 heteroatoms. The molecule has 0 bridgehead atoms. The van der Waals surface area contributed by atoms with Crippen molar-refractivity contribution in [3.63, 3.8) is 0 Å². The summed E-state index contributed by atoms with van der Waals surface area (Å²) in [6, 6.07) is 2.16. The van der Waals surface area contributed by atoms with E-state index in [1.54, 1.807) is 0 Å². The summed E-state index contributed by atoms with van der Waals surface area (Å²) < 4.78 is 11.4. The number of rotatable bonds is 9. The Morgan fingerprint density at radius 3 is 2.57 bits per heavy atom. The lowest BCUT2D eigenvalue weighted by Crippen LogP contribution is -2.35. The lowest BCUT2D eigenvalue weighted by Gasteiger charge is -2.20. The van der Waals surface area contributed by atoms with Gasteiger partial charge in [-0.3, -0.25) is 4.90 Å². The summed E-state index contributed by atoms with van der Waals surface area (Å²) in [5, 5.41) is 3.47. The van der Waals surface area contributed by atoms with Crippen LogP contribution in [0.2, 0.25) is 0 Å². The van der Waals surface area contributed by atoms with Gasteiger partial charge < -0.3 is 14.5 Å². The van der Waals surface area contributed by atoms with E-state index in [1.807, 2.05) is 6.92 Å². The Morgan fingerprint density at radius 2 is 2.00 bits per heavy atom. The van der Waals surface area contributed by atoms with Gasteiger partial charge in [0.1, 0.15) is 11.5 Å². The van der Waals surface area contributed by atoms with Crippen LogP contribution in [-0.2, 0) is 17.8 Å². The fourth-order valence-electron chi connectivity index (χ4n) is 2.10. The number of furan rings is 1. The molecule has 0 fully saturated rings. The third-order valence-electron chi connectivity index (χ3n) is 3.43. The summed E-state index contributed by atoms with van der Waals surface area (Å²) in [6.45, 7) is 17.9. The highest BCUT2D eigenvalue weighted by molar-refractivity contribution is 5.20. The van der Waals surface area contributed by atoms with Crippen LogP contribution in [0.25, 0.3) is 0 Å². The summed E-state index contributed by atoms with van der Waals surface area (Å²) in [4.78, 5) is 2.34. The maximum Gasteiger partial charge on any atom is 0.120 e. The fourth-order valence-corrected chi connectivity index (χ4v) is 2.10. The normalized spacial score (nSPS) is 12.3. The molecule has 0 saturated heterocycles. The van der Waals surface area contributed by atoms with Crippen molar-refractivity contribution in [2.24, 2.45) is 0 Å². The van der Waals surface area contributed by atoms with Gasteiger partial charge in [0, 0.05) is 18.7 Å². The summed E-state index contributed by atoms with van der Waals surface area (Å²) in [6.07, 6.45) is 0. The third-order valence-corrected chi connectivity index (χ3v) is 3.43. The van der Waals surface area contributed by atoms with E-state index in [1.165, 1.54) is 5.56 Å². The topological polar surface area (TPSA) is 37.6 Å². The van der Waals surface area contributed by atoms with Crippen LogP contribution < -0.4 is 5.32 Å². The molecule has 0 aliphatic heterocycles. The number of hydrogen-bond acceptors (Lipinski definition) is 4. The Bertz CT molecular complexity index is 407. The molecule has 122 valence electrons. The second-order valence-electron chi connectivity index (χ2n) is 6.49. The number of hydrogen-bond donors (Lipinski definition) is 1. The standard InChI is InChI=1S/C17H32N2O2/c1-7-19(9-10-20-8-2)13-15-11-14(3)16(21-15)12-18-17(4,5)6/h11,18H,7-10,12-13H2,1-6H3. The Hall–Kier alpha value is -0.840. The number of nitrogens with one attached hydrogen (secondary N) is 1. The van der Waals surface area contributed by atoms with Gasteiger partial charge in [0.15, 0.2) is 0 Å². The highest BCUT2D eigenvalue weighted by atomic mass is 16.5. The molecule has 4 nitrogen and oxygen atoms in total. The molecule has 0 unspecified atom stereocenters. The molecule has 0 aliphatic carbocycles. The summed E-state index contributed by atoms with van der Waals surface area (Å²) in [5.74, 6) is 2.08. The highest BCUT2D eigenvalue weighted by Crippen LogP contribution is 2.17. The zero-order valence-corrected chi connectivity index (χ0v) is 14.6. The second-order valence-corrected chi connectivity index (χ2v) is 6.49. The molecular weight excluding hydrogens is 264 g/mol. The van der Waals surface area contributed by atoms with Crippen molar-refractivity contribution in [2.75, 3.05) is 26.3 Å². The van der Waals surface area contributed by atoms with E-state index >= 15 is 0 Å². The van der Waals surface area contributed by atoms with Crippen LogP contribution in [0.4, 0.5) is 0 Å². The minimum atomic E-state index is 0.104. The van der Waals surface area contributed by atoms with Gasteiger partial charge in [-0.25, -0.2) is 0 Å². The fraction of sp³-hybridized carbons (Fsp3) is 0.765. The number of likely N-dealkylation sites (N-methyl/N-ethyl adjacent to an activating group) is 1. The van der Waals surface area contributed by atoms with Crippen molar-refractivity contribution in [3.8, 4) is 0 Å². The van der Waals surface area contributed by atoms with Crippen molar-refractivity contribution < 1.29 is 9.15 Å². The van der Waals surface area contributed by atoms with Crippen LogP contribution in [-0.4, -0.2) is 36.7 Å². The van der Waals surface area contributed by atoms with Crippen molar-refractivity contribution in [2.45, 2.75) is 60.2 Å². The third kappa shape index (κ3) is 7.11. The van der Waals surface area contributed by atoms with Crippen LogP contribution in [0.3, 0.4) is 0 Å². The summed E-state index contributed by atoms with van der Waals surface area (Å²) >= 11 is 0. The molecule has 1 N–H and O–H groups in total. The van der Waals surface area contributed by atoms with Crippen LogP contribution in [0, 0.1) is 6.92 Å². The summed E-state index contributed by atoms with van der Waals surface area (Å²) in [7, 11) is 0. The molecule has 1 rings (SSSR count). The number of ether oxygens (including phenoxy) is 1. The maximum absolute atomic E-state index is 6.00. The number of aryl methyl sites for hydroxylation is 1. The molecule has 0 aliphatic rings. The Morgan fingerprint density at radius 1 is 1.29 bits per heavy atom. The van der Waals surface area contributed by atoms with E-state index in [0.29, 0.717) is 0 Å². The molecule has 21 heavy (non-hydrogen) atoms.